The van der Waals surface area contributed by atoms with Gasteiger partial charge in [0.05, 0.1) is 17.7 Å². The van der Waals surface area contributed by atoms with E-state index in [1.165, 1.54) is 17.3 Å². The summed E-state index contributed by atoms with van der Waals surface area (Å²) in [6.45, 7) is 2.04. The Morgan fingerprint density at radius 2 is 1.96 bits per heavy atom. The first kappa shape index (κ1) is 18.5. The number of amides is 1. The summed E-state index contributed by atoms with van der Waals surface area (Å²) in [5.41, 5.74) is 5.77. The topological polar surface area (TPSA) is 44.7 Å². The molecule has 0 aliphatic heterocycles. The van der Waals surface area contributed by atoms with Gasteiger partial charge in [0.1, 0.15) is 0 Å². The summed E-state index contributed by atoms with van der Waals surface area (Å²) < 4.78 is 0.984. The standard InChI is InChI=1S/C18H20BrN3OS/c1-13-4-7-15(8-5-13)24-12-18(23)21-20-11-14-6-9-17(22(2)3)16(19)10-14/h4-11H,12H2,1-3H3,(H,21,23)/b20-11-. The van der Waals surface area contributed by atoms with E-state index >= 15 is 0 Å². The van der Waals surface area contributed by atoms with Crippen LogP contribution in [0.4, 0.5) is 5.69 Å². The van der Waals surface area contributed by atoms with Gasteiger partial charge in [0.25, 0.3) is 0 Å². The van der Waals surface area contributed by atoms with Crippen LogP contribution >= 0.6 is 27.7 Å². The number of hydrogen-bond acceptors (Lipinski definition) is 4. The maximum atomic E-state index is 11.8. The fraction of sp³-hybridized carbons (Fsp3) is 0.222. The molecule has 2 rings (SSSR count). The molecule has 4 nitrogen and oxygen atoms in total. The van der Waals surface area contributed by atoms with Crippen molar-refractivity contribution in [1.29, 1.82) is 0 Å². The van der Waals surface area contributed by atoms with Gasteiger partial charge in [0, 0.05) is 23.5 Å². The number of aryl methyl sites for hydroxylation is 1. The lowest BCUT2D eigenvalue weighted by Gasteiger charge is -2.14. The van der Waals surface area contributed by atoms with Crippen molar-refractivity contribution in [2.45, 2.75) is 11.8 Å². The minimum Gasteiger partial charge on any atom is -0.377 e. The fourth-order valence-electron chi connectivity index (χ4n) is 1.96. The first-order valence-electron chi connectivity index (χ1n) is 7.44. The van der Waals surface area contributed by atoms with E-state index in [2.05, 4.69) is 26.5 Å². The maximum Gasteiger partial charge on any atom is 0.250 e. The van der Waals surface area contributed by atoms with Crippen LogP contribution in [-0.4, -0.2) is 32.0 Å². The van der Waals surface area contributed by atoms with Crippen LogP contribution in [0, 0.1) is 6.92 Å². The number of nitrogens with one attached hydrogen (secondary N) is 1. The second-order valence-electron chi connectivity index (χ2n) is 5.50. The van der Waals surface area contributed by atoms with E-state index in [9.17, 15) is 4.79 Å². The predicted molar refractivity (Wildman–Crippen MR) is 106 cm³/mol. The second-order valence-corrected chi connectivity index (χ2v) is 7.40. The molecule has 0 unspecified atom stereocenters. The van der Waals surface area contributed by atoms with Crippen LogP contribution in [0.2, 0.25) is 0 Å². The van der Waals surface area contributed by atoms with Gasteiger partial charge in [-0.3, -0.25) is 4.79 Å². The van der Waals surface area contributed by atoms with Crippen molar-refractivity contribution < 1.29 is 4.79 Å². The predicted octanol–water partition coefficient (Wildman–Crippen LogP) is 4.07. The molecule has 0 saturated heterocycles. The normalized spacial score (nSPS) is 10.8. The molecule has 1 N–H and O–H groups in total. The Balaban J connectivity index is 1.83. The molecule has 0 spiro atoms. The van der Waals surface area contributed by atoms with E-state index < -0.39 is 0 Å². The highest BCUT2D eigenvalue weighted by Gasteiger charge is 2.03. The Labute approximate surface area is 155 Å². The van der Waals surface area contributed by atoms with E-state index in [4.69, 9.17) is 0 Å². The SMILES string of the molecule is Cc1ccc(SCC(=O)N/N=C\c2ccc(N(C)C)c(Br)c2)cc1. The number of anilines is 1. The molecule has 0 saturated carbocycles. The Bertz CT molecular complexity index is 730. The smallest absolute Gasteiger partial charge is 0.250 e. The summed E-state index contributed by atoms with van der Waals surface area (Å²) in [5, 5.41) is 4.01. The van der Waals surface area contributed by atoms with Gasteiger partial charge in [0.2, 0.25) is 5.91 Å². The van der Waals surface area contributed by atoms with E-state index in [0.717, 1.165) is 20.6 Å². The summed E-state index contributed by atoms with van der Waals surface area (Å²) in [6, 6.07) is 14.0. The number of thioether (sulfide) groups is 1. The van der Waals surface area contributed by atoms with Crippen LogP contribution in [0.1, 0.15) is 11.1 Å². The lowest BCUT2D eigenvalue weighted by Crippen LogP contribution is -2.19. The molecule has 0 fully saturated rings. The number of rotatable bonds is 6. The molecule has 0 aliphatic rings. The number of carbonyl (C=O) groups excluding carboxylic acids is 1. The summed E-state index contributed by atoms with van der Waals surface area (Å²) in [7, 11) is 3.97. The lowest BCUT2D eigenvalue weighted by molar-refractivity contribution is -0.118. The summed E-state index contributed by atoms with van der Waals surface area (Å²) in [4.78, 5) is 14.9. The monoisotopic (exact) mass is 405 g/mol. The zero-order valence-corrected chi connectivity index (χ0v) is 16.3. The van der Waals surface area contributed by atoms with Crippen LogP contribution in [0.15, 0.2) is 56.9 Å². The molecular formula is C18H20BrN3OS. The van der Waals surface area contributed by atoms with Crippen molar-refractivity contribution in [3.8, 4) is 0 Å². The molecule has 0 heterocycles. The molecule has 1 amide bonds. The first-order valence-corrected chi connectivity index (χ1v) is 9.22. The van der Waals surface area contributed by atoms with Gasteiger partial charge in [0.15, 0.2) is 0 Å². The lowest BCUT2D eigenvalue weighted by atomic mass is 10.2. The average molecular weight is 406 g/mol. The summed E-state index contributed by atoms with van der Waals surface area (Å²) in [5.74, 6) is 0.213. The Morgan fingerprint density at radius 3 is 2.58 bits per heavy atom. The Hall–Kier alpha value is -1.79. The van der Waals surface area contributed by atoms with E-state index in [0.29, 0.717) is 5.75 Å². The van der Waals surface area contributed by atoms with Crippen LogP contribution in [0.5, 0.6) is 0 Å². The fourth-order valence-corrected chi connectivity index (χ4v) is 3.40. The van der Waals surface area contributed by atoms with Crippen LogP contribution in [-0.2, 0) is 4.79 Å². The van der Waals surface area contributed by atoms with Gasteiger partial charge in [-0.05, 0) is 52.7 Å². The van der Waals surface area contributed by atoms with Crippen molar-refractivity contribution in [2.75, 3.05) is 24.7 Å². The van der Waals surface area contributed by atoms with Gasteiger partial charge in [-0.2, -0.15) is 5.10 Å². The van der Waals surface area contributed by atoms with Crippen LogP contribution in [0.25, 0.3) is 0 Å². The molecule has 2 aromatic rings. The van der Waals surface area contributed by atoms with Crippen LogP contribution < -0.4 is 10.3 Å². The summed E-state index contributed by atoms with van der Waals surface area (Å²) in [6.07, 6.45) is 1.64. The molecule has 0 aromatic heterocycles. The number of nitrogens with zero attached hydrogens (tertiary/aromatic N) is 2. The molecule has 24 heavy (non-hydrogen) atoms. The molecule has 0 bridgehead atoms. The minimum atomic E-state index is -0.124. The molecule has 0 radical (unpaired) electrons. The van der Waals surface area contributed by atoms with Crippen molar-refractivity contribution in [2.24, 2.45) is 5.10 Å². The average Bonchev–Trinajstić information content (AvgIpc) is 2.54. The third-order valence-corrected chi connectivity index (χ3v) is 4.89. The van der Waals surface area contributed by atoms with E-state index in [-0.39, 0.29) is 5.91 Å². The highest BCUT2D eigenvalue weighted by Crippen LogP contribution is 2.25. The highest BCUT2D eigenvalue weighted by atomic mass is 79.9. The number of hydrogen-bond donors (Lipinski definition) is 1. The second kappa shape index (κ2) is 8.89. The van der Waals surface area contributed by atoms with Gasteiger partial charge < -0.3 is 4.90 Å². The van der Waals surface area contributed by atoms with Crippen molar-refractivity contribution in [3.05, 3.63) is 58.1 Å². The Kier molecular flexibility index (Phi) is 6.87. The molecule has 2 aromatic carbocycles. The van der Waals surface area contributed by atoms with E-state index in [1.54, 1.807) is 6.21 Å². The maximum absolute atomic E-state index is 11.8. The van der Waals surface area contributed by atoms with Crippen molar-refractivity contribution in [3.63, 3.8) is 0 Å². The van der Waals surface area contributed by atoms with Gasteiger partial charge >= 0.3 is 0 Å². The minimum absolute atomic E-state index is 0.124. The van der Waals surface area contributed by atoms with Crippen molar-refractivity contribution >= 4 is 45.5 Å². The zero-order chi connectivity index (χ0) is 17.5. The molecule has 0 aliphatic carbocycles. The van der Waals surface area contributed by atoms with Crippen LogP contribution in [0.3, 0.4) is 0 Å². The van der Waals surface area contributed by atoms with Gasteiger partial charge in [-0.15, -0.1) is 11.8 Å². The molecular weight excluding hydrogens is 386 g/mol. The highest BCUT2D eigenvalue weighted by molar-refractivity contribution is 9.10. The Morgan fingerprint density at radius 1 is 1.25 bits per heavy atom. The summed E-state index contributed by atoms with van der Waals surface area (Å²) >= 11 is 5.02. The molecule has 6 heteroatoms. The van der Waals surface area contributed by atoms with E-state index in [1.807, 2.05) is 68.4 Å². The first-order chi connectivity index (χ1) is 11.5. The third kappa shape index (κ3) is 5.69. The number of carbonyl (C=O) groups is 1. The largest absolute Gasteiger partial charge is 0.377 e. The third-order valence-electron chi connectivity index (χ3n) is 3.25. The quantitative estimate of drug-likeness (QED) is 0.447. The number of benzene rings is 2. The van der Waals surface area contributed by atoms with Gasteiger partial charge in [-0.1, -0.05) is 23.8 Å². The van der Waals surface area contributed by atoms with Crippen molar-refractivity contribution in [1.82, 2.24) is 5.43 Å². The molecule has 126 valence electrons. The number of halogens is 1. The number of hydrazone groups is 1. The zero-order valence-electron chi connectivity index (χ0n) is 13.9. The van der Waals surface area contributed by atoms with Gasteiger partial charge in [-0.25, -0.2) is 5.43 Å². The molecule has 0 atom stereocenters.